The molecule has 3 N–H and O–H groups in total. The number of anilines is 1. The Hall–Kier alpha value is -2.96. The predicted molar refractivity (Wildman–Crippen MR) is 120 cm³/mol. The molecule has 1 heterocycles. The second-order valence-electron chi connectivity index (χ2n) is 7.59. The summed E-state index contributed by atoms with van der Waals surface area (Å²) in [6.07, 6.45) is 2.84. The summed E-state index contributed by atoms with van der Waals surface area (Å²) < 4.78 is 0. The molecule has 0 saturated heterocycles. The minimum absolute atomic E-state index is 0.135. The number of fused-ring (bicyclic) bond motifs is 1. The van der Waals surface area contributed by atoms with Crippen molar-refractivity contribution in [3.05, 3.63) is 87.8 Å². The van der Waals surface area contributed by atoms with E-state index in [4.69, 9.17) is 5.73 Å². The molecule has 0 bridgehead atoms. The lowest BCUT2D eigenvalue weighted by Crippen LogP contribution is -2.33. The van der Waals surface area contributed by atoms with E-state index in [9.17, 15) is 9.59 Å². The Morgan fingerprint density at radius 2 is 1.53 bits per heavy atom. The summed E-state index contributed by atoms with van der Waals surface area (Å²) >= 11 is 1.49. The fourth-order valence-corrected chi connectivity index (χ4v) is 5.28. The largest absolute Gasteiger partial charge is 0.365 e. The van der Waals surface area contributed by atoms with E-state index in [1.807, 2.05) is 36.4 Å². The zero-order valence-corrected chi connectivity index (χ0v) is 17.6. The number of nitrogens with zero attached hydrogens (tertiary/aromatic N) is 1. The van der Waals surface area contributed by atoms with Gasteiger partial charge in [-0.3, -0.25) is 14.5 Å². The van der Waals surface area contributed by atoms with Crippen LogP contribution in [0.15, 0.2) is 60.7 Å². The fourth-order valence-electron chi connectivity index (χ4n) is 3.97. The summed E-state index contributed by atoms with van der Waals surface area (Å²) in [6, 6.07) is 20.2. The quantitative estimate of drug-likeness (QED) is 0.580. The third-order valence-electron chi connectivity index (χ3n) is 5.29. The van der Waals surface area contributed by atoms with Gasteiger partial charge in [-0.25, -0.2) is 0 Å². The first-order valence-electron chi connectivity index (χ1n) is 10.1. The van der Waals surface area contributed by atoms with Crippen molar-refractivity contribution in [2.45, 2.75) is 32.4 Å². The van der Waals surface area contributed by atoms with E-state index in [0.717, 1.165) is 36.0 Å². The summed E-state index contributed by atoms with van der Waals surface area (Å²) in [5, 5.41) is 3.55. The van der Waals surface area contributed by atoms with Crippen LogP contribution in [0.2, 0.25) is 0 Å². The molecular weight excluding hydrogens is 394 g/mol. The van der Waals surface area contributed by atoms with Crippen LogP contribution in [0.5, 0.6) is 0 Å². The Kier molecular flexibility index (Phi) is 6.26. The molecule has 0 atom stereocenters. The van der Waals surface area contributed by atoms with Crippen molar-refractivity contribution in [3.8, 4) is 0 Å². The Morgan fingerprint density at radius 1 is 0.933 bits per heavy atom. The molecule has 2 aromatic carbocycles. The van der Waals surface area contributed by atoms with Crippen molar-refractivity contribution in [2.75, 3.05) is 11.9 Å². The first-order chi connectivity index (χ1) is 14.6. The van der Waals surface area contributed by atoms with Gasteiger partial charge in [-0.05, 0) is 36.0 Å². The number of amides is 2. The number of thiophene rings is 1. The number of aryl methyl sites for hydroxylation is 1. The molecule has 6 heteroatoms. The van der Waals surface area contributed by atoms with Gasteiger partial charge in [-0.15, -0.1) is 11.3 Å². The number of benzene rings is 2. The summed E-state index contributed by atoms with van der Waals surface area (Å²) in [5.41, 5.74) is 9.43. The topological polar surface area (TPSA) is 75.4 Å². The van der Waals surface area contributed by atoms with Gasteiger partial charge in [0.2, 0.25) is 5.91 Å². The monoisotopic (exact) mass is 419 g/mol. The zero-order valence-electron chi connectivity index (χ0n) is 16.8. The first-order valence-corrected chi connectivity index (χ1v) is 11.0. The number of nitrogens with one attached hydrogen (secondary N) is 1. The third kappa shape index (κ3) is 4.78. The first kappa shape index (κ1) is 20.3. The van der Waals surface area contributed by atoms with Gasteiger partial charge in [-0.1, -0.05) is 60.7 Å². The fraction of sp³-hybridized carbons (Fsp3) is 0.250. The van der Waals surface area contributed by atoms with Crippen LogP contribution in [0.3, 0.4) is 0 Å². The number of rotatable bonds is 8. The van der Waals surface area contributed by atoms with Crippen molar-refractivity contribution < 1.29 is 9.59 Å². The van der Waals surface area contributed by atoms with E-state index < -0.39 is 5.91 Å². The molecule has 0 unspecified atom stereocenters. The van der Waals surface area contributed by atoms with Crippen molar-refractivity contribution in [2.24, 2.45) is 5.73 Å². The number of primary amides is 1. The SMILES string of the molecule is NC(=O)c1c(NC(=O)CN(Cc2ccccc2)Cc2ccccc2)sc2c1CCC2. The highest BCUT2D eigenvalue weighted by Gasteiger charge is 2.26. The molecule has 2 amide bonds. The van der Waals surface area contributed by atoms with Gasteiger partial charge in [-0.2, -0.15) is 0 Å². The van der Waals surface area contributed by atoms with E-state index in [0.29, 0.717) is 23.7 Å². The Balaban J connectivity index is 1.49. The normalized spacial score (nSPS) is 12.7. The van der Waals surface area contributed by atoms with E-state index >= 15 is 0 Å². The number of hydrogen-bond donors (Lipinski definition) is 2. The molecule has 4 rings (SSSR count). The molecule has 0 saturated carbocycles. The van der Waals surface area contributed by atoms with Gasteiger partial charge < -0.3 is 11.1 Å². The maximum absolute atomic E-state index is 12.9. The third-order valence-corrected chi connectivity index (χ3v) is 6.49. The van der Waals surface area contributed by atoms with Crippen LogP contribution < -0.4 is 11.1 Å². The Bertz CT molecular complexity index is 990. The summed E-state index contributed by atoms with van der Waals surface area (Å²) in [6.45, 7) is 1.55. The minimum atomic E-state index is -0.463. The van der Waals surface area contributed by atoms with Crippen LogP contribution in [-0.2, 0) is 30.7 Å². The van der Waals surface area contributed by atoms with Crippen molar-refractivity contribution in [1.82, 2.24) is 4.90 Å². The highest BCUT2D eigenvalue weighted by atomic mass is 32.1. The van der Waals surface area contributed by atoms with Crippen LogP contribution in [0.25, 0.3) is 0 Å². The van der Waals surface area contributed by atoms with E-state index in [1.165, 1.54) is 16.2 Å². The maximum atomic E-state index is 12.9. The smallest absolute Gasteiger partial charge is 0.251 e. The van der Waals surface area contributed by atoms with Crippen LogP contribution in [0, 0.1) is 0 Å². The summed E-state index contributed by atoms with van der Waals surface area (Å²) in [4.78, 5) is 28.2. The Labute approximate surface area is 180 Å². The van der Waals surface area contributed by atoms with Crippen LogP contribution in [-0.4, -0.2) is 23.3 Å². The lowest BCUT2D eigenvalue weighted by Gasteiger charge is -2.22. The van der Waals surface area contributed by atoms with Crippen LogP contribution >= 0.6 is 11.3 Å². The molecular formula is C24H25N3O2S. The molecule has 5 nitrogen and oxygen atoms in total. The van der Waals surface area contributed by atoms with Crippen molar-refractivity contribution in [3.63, 3.8) is 0 Å². The minimum Gasteiger partial charge on any atom is -0.365 e. The van der Waals surface area contributed by atoms with Gasteiger partial charge in [0, 0.05) is 18.0 Å². The molecule has 1 aliphatic rings. The van der Waals surface area contributed by atoms with Gasteiger partial charge >= 0.3 is 0 Å². The number of nitrogens with two attached hydrogens (primary N) is 1. The number of carbonyl (C=O) groups is 2. The average Bonchev–Trinajstić information content (AvgIpc) is 3.30. The molecule has 1 aliphatic carbocycles. The van der Waals surface area contributed by atoms with Gasteiger partial charge in [0.25, 0.3) is 5.91 Å². The zero-order chi connectivity index (χ0) is 20.9. The van der Waals surface area contributed by atoms with Crippen LogP contribution in [0.1, 0.15) is 38.3 Å². The van der Waals surface area contributed by atoms with Gasteiger partial charge in [0.1, 0.15) is 5.00 Å². The second kappa shape index (κ2) is 9.24. The molecule has 1 aromatic heterocycles. The van der Waals surface area contributed by atoms with E-state index in [1.54, 1.807) is 0 Å². The highest BCUT2D eigenvalue weighted by Crippen LogP contribution is 2.38. The number of carbonyl (C=O) groups excluding carboxylic acids is 2. The molecule has 0 radical (unpaired) electrons. The van der Waals surface area contributed by atoms with E-state index in [2.05, 4.69) is 34.5 Å². The molecule has 30 heavy (non-hydrogen) atoms. The lowest BCUT2D eigenvalue weighted by atomic mass is 10.1. The van der Waals surface area contributed by atoms with Crippen LogP contribution in [0.4, 0.5) is 5.00 Å². The Morgan fingerprint density at radius 3 is 2.10 bits per heavy atom. The molecule has 0 fully saturated rings. The average molecular weight is 420 g/mol. The summed E-state index contributed by atoms with van der Waals surface area (Å²) in [5.74, 6) is -0.598. The molecule has 0 spiro atoms. The summed E-state index contributed by atoms with van der Waals surface area (Å²) in [7, 11) is 0. The number of hydrogen-bond acceptors (Lipinski definition) is 4. The van der Waals surface area contributed by atoms with Gasteiger partial charge in [0.05, 0.1) is 12.1 Å². The molecule has 0 aliphatic heterocycles. The standard InChI is InChI=1S/C24H25N3O2S/c25-23(29)22-19-12-7-13-20(19)30-24(22)26-21(28)16-27(14-17-8-3-1-4-9-17)15-18-10-5-2-6-11-18/h1-6,8-11H,7,12-16H2,(H2,25,29)(H,26,28). The van der Waals surface area contributed by atoms with Crippen molar-refractivity contribution in [1.29, 1.82) is 0 Å². The maximum Gasteiger partial charge on any atom is 0.251 e. The van der Waals surface area contributed by atoms with Gasteiger partial charge in [0.15, 0.2) is 0 Å². The van der Waals surface area contributed by atoms with E-state index in [-0.39, 0.29) is 12.5 Å². The molecule has 3 aromatic rings. The second-order valence-corrected chi connectivity index (χ2v) is 8.70. The van der Waals surface area contributed by atoms with Crippen molar-refractivity contribution >= 4 is 28.2 Å². The molecule has 154 valence electrons. The predicted octanol–water partition coefficient (Wildman–Crippen LogP) is 3.98. The highest BCUT2D eigenvalue weighted by molar-refractivity contribution is 7.17. The lowest BCUT2D eigenvalue weighted by molar-refractivity contribution is -0.117.